The van der Waals surface area contributed by atoms with Crippen LogP contribution in [-0.4, -0.2) is 25.1 Å². The summed E-state index contributed by atoms with van der Waals surface area (Å²) in [7, 11) is 3.39. The van der Waals surface area contributed by atoms with Crippen LogP contribution in [0.4, 0.5) is 5.82 Å². The first kappa shape index (κ1) is 15.0. The first-order valence-corrected chi connectivity index (χ1v) is 7.41. The lowest BCUT2D eigenvalue weighted by atomic mass is 10.1. The van der Waals surface area contributed by atoms with E-state index in [2.05, 4.69) is 22.0 Å². The molecule has 4 heteroatoms. The number of ether oxygens (including phenoxy) is 1. The summed E-state index contributed by atoms with van der Waals surface area (Å²) in [6.45, 7) is 0.745. The van der Waals surface area contributed by atoms with Crippen molar-refractivity contribution in [3.8, 4) is 0 Å². The summed E-state index contributed by atoms with van der Waals surface area (Å²) in [4.78, 5) is 18.4. The van der Waals surface area contributed by atoms with Crippen LogP contribution in [0.15, 0.2) is 60.8 Å². The molecule has 2 aromatic carbocycles. The number of carbonyl (C=O) groups is 1. The van der Waals surface area contributed by atoms with E-state index in [0.717, 1.165) is 23.1 Å². The number of carbonyl (C=O) groups excluding carboxylic acids is 1. The van der Waals surface area contributed by atoms with Gasteiger partial charge in [0.2, 0.25) is 0 Å². The lowest BCUT2D eigenvalue weighted by molar-refractivity contribution is 0.0601. The minimum atomic E-state index is -0.340. The van der Waals surface area contributed by atoms with Crippen molar-refractivity contribution in [3.05, 3.63) is 71.9 Å². The largest absolute Gasteiger partial charge is 0.465 e. The van der Waals surface area contributed by atoms with Crippen LogP contribution in [-0.2, 0) is 11.3 Å². The van der Waals surface area contributed by atoms with Crippen molar-refractivity contribution >= 4 is 22.6 Å². The van der Waals surface area contributed by atoms with Gasteiger partial charge in [0.15, 0.2) is 0 Å². The molecule has 116 valence electrons. The fraction of sp³-hybridized carbons (Fsp3) is 0.158. The maximum atomic E-state index is 11.8. The Bertz CT molecular complexity index is 831. The number of esters is 1. The molecular formula is C19H18N2O2. The molecule has 0 amide bonds. The van der Waals surface area contributed by atoms with Crippen LogP contribution in [0, 0.1) is 0 Å². The molecule has 3 rings (SSSR count). The Kier molecular flexibility index (Phi) is 4.24. The van der Waals surface area contributed by atoms with Crippen LogP contribution in [0.1, 0.15) is 15.9 Å². The zero-order valence-corrected chi connectivity index (χ0v) is 13.2. The Morgan fingerprint density at radius 3 is 2.65 bits per heavy atom. The molecule has 0 unspecified atom stereocenters. The van der Waals surface area contributed by atoms with Crippen LogP contribution in [0.5, 0.6) is 0 Å². The zero-order valence-electron chi connectivity index (χ0n) is 13.2. The van der Waals surface area contributed by atoms with Gasteiger partial charge in [0.05, 0.1) is 12.7 Å². The summed E-state index contributed by atoms with van der Waals surface area (Å²) in [6, 6.07) is 17.7. The van der Waals surface area contributed by atoms with E-state index in [0.29, 0.717) is 5.56 Å². The molecular weight excluding hydrogens is 288 g/mol. The molecule has 23 heavy (non-hydrogen) atoms. The number of hydrogen-bond acceptors (Lipinski definition) is 4. The van der Waals surface area contributed by atoms with Crippen molar-refractivity contribution in [1.29, 1.82) is 0 Å². The number of anilines is 1. The van der Waals surface area contributed by atoms with E-state index in [1.165, 1.54) is 12.7 Å². The van der Waals surface area contributed by atoms with Gasteiger partial charge in [-0.05, 0) is 29.1 Å². The molecule has 4 nitrogen and oxygen atoms in total. The number of rotatable bonds is 4. The number of benzene rings is 2. The third kappa shape index (κ3) is 3.16. The predicted octanol–water partition coefficient (Wildman–Crippen LogP) is 3.66. The molecule has 0 aliphatic heterocycles. The fourth-order valence-electron chi connectivity index (χ4n) is 2.63. The van der Waals surface area contributed by atoms with Crippen molar-refractivity contribution in [2.45, 2.75) is 6.54 Å². The Hall–Kier alpha value is -2.88. The van der Waals surface area contributed by atoms with Gasteiger partial charge in [-0.2, -0.15) is 0 Å². The van der Waals surface area contributed by atoms with Gasteiger partial charge in [-0.3, -0.25) is 0 Å². The van der Waals surface area contributed by atoms with Gasteiger partial charge in [-0.25, -0.2) is 9.78 Å². The standard InChI is InChI=1S/C19H18N2O2/c1-21(13-14-6-4-3-5-7-14)18-17-12-16(19(22)23-2)9-8-15(17)10-11-20-18/h3-12H,13H2,1-2H3. The third-order valence-electron chi connectivity index (χ3n) is 3.79. The number of hydrogen-bond donors (Lipinski definition) is 0. The predicted molar refractivity (Wildman–Crippen MR) is 91.6 cm³/mol. The minimum Gasteiger partial charge on any atom is -0.465 e. The maximum absolute atomic E-state index is 11.8. The topological polar surface area (TPSA) is 42.4 Å². The fourth-order valence-corrected chi connectivity index (χ4v) is 2.63. The van der Waals surface area contributed by atoms with E-state index >= 15 is 0 Å². The van der Waals surface area contributed by atoms with Crippen molar-refractivity contribution < 1.29 is 9.53 Å². The Labute approximate surface area is 135 Å². The van der Waals surface area contributed by atoms with E-state index in [4.69, 9.17) is 4.74 Å². The lowest BCUT2D eigenvalue weighted by Crippen LogP contribution is -2.18. The summed E-state index contributed by atoms with van der Waals surface area (Å²) in [6.07, 6.45) is 1.79. The Morgan fingerprint density at radius 1 is 1.13 bits per heavy atom. The highest BCUT2D eigenvalue weighted by molar-refractivity contribution is 5.99. The van der Waals surface area contributed by atoms with Crippen LogP contribution in [0.25, 0.3) is 10.8 Å². The summed E-state index contributed by atoms with van der Waals surface area (Å²) in [5.41, 5.74) is 1.74. The Balaban J connectivity index is 2.00. The van der Waals surface area contributed by atoms with Crippen LogP contribution >= 0.6 is 0 Å². The molecule has 0 saturated heterocycles. The highest BCUT2D eigenvalue weighted by Gasteiger charge is 2.12. The van der Waals surface area contributed by atoms with Crippen molar-refractivity contribution in [3.63, 3.8) is 0 Å². The van der Waals surface area contributed by atoms with Gasteiger partial charge in [0, 0.05) is 25.2 Å². The average molecular weight is 306 g/mol. The summed E-state index contributed by atoms with van der Waals surface area (Å²) in [5, 5.41) is 1.98. The molecule has 1 heterocycles. The highest BCUT2D eigenvalue weighted by Crippen LogP contribution is 2.26. The second-order valence-electron chi connectivity index (χ2n) is 5.40. The molecule has 0 saturated carbocycles. The van der Waals surface area contributed by atoms with Crippen LogP contribution in [0.3, 0.4) is 0 Å². The summed E-state index contributed by atoms with van der Waals surface area (Å²) < 4.78 is 4.81. The molecule has 0 bridgehead atoms. The van der Waals surface area contributed by atoms with Gasteiger partial charge >= 0.3 is 5.97 Å². The van der Waals surface area contributed by atoms with E-state index < -0.39 is 0 Å². The quantitative estimate of drug-likeness (QED) is 0.690. The van der Waals surface area contributed by atoms with Crippen molar-refractivity contribution in [1.82, 2.24) is 4.98 Å². The molecule has 0 fully saturated rings. The zero-order chi connectivity index (χ0) is 16.2. The monoisotopic (exact) mass is 306 g/mol. The van der Waals surface area contributed by atoms with Gasteiger partial charge in [0.1, 0.15) is 5.82 Å². The van der Waals surface area contributed by atoms with Crippen LogP contribution < -0.4 is 4.90 Å². The van der Waals surface area contributed by atoms with Crippen molar-refractivity contribution in [2.24, 2.45) is 0 Å². The molecule has 0 atom stereocenters. The first-order valence-electron chi connectivity index (χ1n) is 7.41. The number of pyridine rings is 1. The Morgan fingerprint density at radius 2 is 1.91 bits per heavy atom. The van der Waals surface area contributed by atoms with Gasteiger partial charge < -0.3 is 9.64 Å². The maximum Gasteiger partial charge on any atom is 0.337 e. The molecule has 3 aromatic rings. The van der Waals surface area contributed by atoms with E-state index in [1.54, 1.807) is 12.3 Å². The van der Waals surface area contributed by atoms with Crippen molar-refractivity contribution in [2.75, 3.05) is 19.1 Å². The molecule has 0 aliphatic carbocycles. The van der Waals surface area contributed by atoms with E-state index in [9.17, 15) is 4.79 Å². The SMILES string of the molecule is COC(=O)c1ccc2ccnc(N(C)Cc3ccccc3)c2c1. The second-order valence-corrected chi connectivity index (χ2v) is 5.40. The molecule has 0 N–H and O–H groups in total. The summed E-state index contributed by atoms with van der Waals surface area (Å²) >= 11 is 0. The molecule has 0 aliphatic rings. The lowest BCUT2D eigenvalue weighted by Gasteiger charge is -2.20. The van der Waals surface area contributed by atoms with Gasteiger partial charge in [-0.1, -0.05) is 36.4 Å². The minimum absolute atomic E-state index is 0.340. The van der Waals surface area contributed by atoms with E-state index in [1.807, 2.05) is 43.4 Å². The molecule has 1 aromatic heterocycles. The smallest absolute Gasteiger partial charge is 0.337 e. The molecule has 0 spiro atoms. The highest BCUT2D eigenvalue weighted by atomic mass is 16.5. The average Bonchev–Trinajstić information content (AvgIpc) is 2.60. The van der Waals surface area contributed by atoms with Crippen LogP contribution in [0.2, 0.25) is 0 Å². The van der Waals surface area contributed by atoms with Gasteiger partial charge in [0.25, 0.3) is 0 Å². The number of nitrogens with zero attached hydrogens (tertiary/aromatic N) is 2. The number of methoxy groups -OCH3 is 1. The summed E-state index contributed by atoms with van der Waals surface area (Å²) in [5.74, 6) is 0.504. The van der Waals surface area contributed by atoms with Gasteiger partial charge in [-0.15, -0.1) is 0 Å². The van der Waals surface area contributed by atoms with E-state index in [-0.39, 0.29) is 5.97 Å². The normalized spacial score (nSPS) is 10.5. The first-order chi connectivity index (χ1) is 11.2. The third-order valence-corrected chi connectivity index (χ3v) is 3.79. The number of fused-ring (bicyclic) bond motifs is 1. The number of aromatic nitrogens is 1. The molecule has 0 radical (unpaired) electrons. The second kappa shape index (κ2) is 6.48.